The Hall–Kier alpha value is -19.1. The molecule has 0 bridgehead atoms. The van der Waals surface area contributed by atoms with E-state index in [0.29, 0.717) is 17.8 Å². The van der Waals surface area contributed by atoms with Crippen LogP contribution < -0.4 is 0 Å². The van der Waals surface area contributed by atoms with Gasteiger partial charge in [-0.15, -0.1) is 11.3 Å². The Morgan fingerprint density at radius 3 is 0.785 bits per heavy atom. The zero-order valence-electron chi connectivity index (χ0n) is 77.4. The van der Waals surface area contributed by atoms with Crippen LogP contribution in [-0.4, -0.2) is 52.7 Å². The molecule has 0 aliphatic carbocycles. The van der Waals surface area contributed by atoms with E-state index in [2.05, 4.69) is 502 Å². The SMILES string of the molecule is c1ccc(-n2c3ccccc3c3cc(-c4nc(-n5c6ccc7ccccc7c6c6c7ccccc7ccc65)nc5ccccc45)ccc32)cc1.c1ccc(-n2c3ccccc3c3ccc(-c4nc(-n5c6ccc7ccccc7c6c6c7ccccc7ccc65)nc5ccccc45)cc32)cc1.c1ccc2c(c1)ccc1c2c2c3ccccc3ccc2n1-c1nc(-c2ccc3sc4ccccc4c3c2)c2ccccc2n1. The lowest BCUT2D eigenvalue weighted by molar-refractivity contribution is 1.01. The van der Waals surface area contributed by atoms with Crippen molar-refractivity contribution >= 4 is 238 Å². The molecule has 32 rings (SSSR count). The van der Waals surface area contributed by atoms with Crippen LogP contribution in [0, 0.1) is 0 Å². The third kappa shape index (κ3) is 12.5. The van der Waals surface area contributed by atoms with Gasteiger partial charge in [0.05, 0.1) is 88.8 Å². The van der Waals surface area contributed by atoms with Gasteiger partial charge in [-0.2, -0.15) is 0 Å². The average Bonchev–Trinajstić information content (AvgIpc) is 1.56. The van der Waals surface area contributed by atoms with Crippen molar-refractivity contribution in [2.45, 2.75) is 0 Å². The second-order valence-electron chi connectivity index (χ2n) is 37.4. The molecule has 9 aromatic heterocycles. The second-order valence-corrected chi connectivity index (χ2v) is 38.5. The molecule has 0 N–H and O–H groups in total. The number of para-hydroxylation sites is 7. The molecule has 23 aromatic carbocycles. The molecule has 0 amide bonds. The molecule has 668 valence electrons. The van der Waals surface area contributed by atoms with E-state index in [9.17, 15) is 0 Å². The molecule has 0 radical (unpaired) electrons. The Labute approximate surface area is 826 Å². The van der Waals surface area contributed by atoms with Crippen LogP contribution in [0.3, 0.4) is 0 Å². The number of hydrogen-bond donors (Lipinski definition) is 0. The normalized spacial score (nSPS) is 12.0. The molecule has 0 saturated carbocycles. The summed E-state index contributed by atoms with van der Waals surface area (Å²) in [4.78, 5) is 32.1. The molecule has 0 saturated heterocycles. The molecular formula is C132H79N11S. The van der Waals surface area contributed by atoms with Gasteiger partial charge in [-0.05, 0) is 192 Å². The van der Waals surface area contributed by atoms with Crippen LogP contribution >= 0.6 is 11.3 Å². The highest BCUT2D eigenvalue weighted by Gasteiger charge is 2.28. The molecule has 32 aromatic rings. The van der Waals surface area contributed by atoms with Crippen molar-refractivity contribution in [3.63, 3.8) is 0 Å². The summed E-state index contributed by atoms with van der Waals surface area (Å²) < 4.78 is 14.1. The molecule has 0 fully saturated rings. The van der Waals surface area contributed by atoms with Gasteiger partial charge in [0.15, 0.2) is 0 Å². The van der Waals surface area contributed by atoms with Crippen LogP contribution in [0.15, 0.2) is 479 Å². The number of thiophene rings is 1. The predicted molar refractivity (Wildman–Crippen MR) is 605 cm³/mol. The summed E-state index contributed by atoms with van der Waals surface area (Å²) >= 11 is 1.84. The molecule has 144 heavy (non-hydrogen) atoms. The molecule has 0 atom stereocenters. The van der Waals surface area contributed by atoms with Crippen molar-refractivity contribution in [2.75, 3.05) is 0 Å². The lowest BCUT2D eigenvalue weighted by atomic mass is 10.00. The van der Waals surface area contributed by atoms with E-state index in [1.807, 2.05) is 11.3 Å². The minimum absolute atomic E-state index is 0.660. The summed E-state index contributed by atoms with van der Waals surface area (Å²) in [6.07, 6.45) is 0. The number of nitrogens with zero attached hydrogens (tertiary/aromatic N) is 11. The Bertz CT molecular complexity index is 10800. The molecule has 12 heteroatoms. The maximum absolute atomic E-state index is 5.48. The largest absolute Gasteiger partial charge is 0.309 e. The number of fused-ring (bicyclic) bond motifs is 33. The third-order valence-corrected chi connectivity index (χ3v) is 30.7. The Balaban J connectivity index is 0.000000101. The summed E-state index contributed by atoms with van der Waals surface area (Å²) in [5, 5.41) is 32.6. The first kappa shape index (κ1) is 80.9. The van der Waals surface area contributed by atoms with Crippen molar-refractivity contribution < 1.29 is 0 Å². The monoisotopic (exact) mass is 1850 g/mol. The van der Waals surface area contributed by atoms with Gasteiger partial charge in [-0.25, -0.2) is 29.9 Å². The first-order chi connectivity index (χ1) is 71.4. The Morgan fingerprint density at radius 2 is 0.403 bits per heavy atom. The van der Waals surface area contributed by atoms with Crippen molar-refractivity contribution in [3.05, 3.63) is 479 Å². The van der Waals surface area contributed by atoms with Crippen molar-refractivity contribution in [3.8, 4) is 63.0 Å². The van der Waals surface area contributed by atoms with E-state index in [1.165, 1.54) is 155 Å². The van der Waals surface area contributed by atoms with Gasteiger partial charge in [-0.1, -0.05) is 352 Å². The van der Waals surface area contributed by atoms with Gasteiger partial charge in [0.25, 0.3) is 0 Å². The molecule has 9 heterocycles. The summed E-state index contributed by atoms with van der Waals surface area (Å²) in [7, 11) is 0. The van der Waals surface area contributed by atoms with Gasteiger partial charge in [0, 0.05) is 118 Å². The fourth-order valence-corrected chi connectivity index (χ4v) is 24.4. The van der Waals surface area contributed by atoms with E-state index in [4.69, 9.17) is 29.9 Å². The zero-order valence-corrected chi connectivity index (χ0v) is 78.3. The van der Waals surface area contributed by atoms with Crippen LogP contribution in [0.5, 0.6) is 0 Å². The van der Waals surface area contributed by atoms with Gasteiger partial charge >= 0.3 is 0 Å². The smallest absolute Gasteiger partial charge is 0.235 e. The minimum Gasteiger partial charge on any atom is -0.309 e. The average molecular weight is 1850 g/mol. The van der Waals surface area contributed by atoms with E-state index >= 15 is 0 Å². The molecular weight excluding hydrogens is 1770 g/mol. The van der Waals surface area contributed by atoms with E-state index < -0.39 is 0 Å². The van der Waals surface area contributed by atoms with Crippen LogP contribution in [0.2, 0.25) is 0 Å². The van der Waals surface area contributed by atoms with E-state index in [1.54, 1.807) is 0 Å². The lowest BCUT2D eigenvalue weighted by Gasteiger charge is -2.13. The summed E-state index contributed by atoms with van der Waals surface area (Å²) in [5.41, 5.74) is 22.3. The lowest BCUT2D eigenvalue weighted by Crippen LogP contribution is -2.03. The third-order valence-electron chi connectivity index (χ3n) is 29.6. The van der Waals surface area contributed by atoms with Gasteiger partial charge < -0.3 is 9.13 Å². The van der Waals surface area contributed by atoms with E-state index in [0.717, 1.165) is 116 Å². The minimum atomic E-state index is 0.660. The molecule has 0 aliphatic heterocycles. The van der Waals surface area contributed by atoms with Crippen molar-refractivity contribution in [1.82, 2.24) is 52.7 Å². The standard InChI is InChI=1S/2C46H28N4.C40H23N3S/c1-2-14-32(15-3-1)49-39-21-11-9-18-35(39)37-28-31(24-25-40(37)49)45-36-19-8-10-20-38(36)47-46(48-45)50-41-26-22-29-12-4-6-16-33(29)43(41)44-34-17-7-5-13-30(34)23-27-42(44)50;1-2-14-32(15-3-1)49-39-21-11-9-18-35(39)36-25-22-31(28-42(36)49)45-37-19-8-10-20-38(37)47-46(48-45)50-40-26-23-29-12-4-6-16-33(29)43(40)44-34-17-7-5-13-30(34)24-27-41(44)50;1-3-11-27-24(9-1)17-20-33-37(27)38-28-12-4-2-10-25(28)18-21-34(38)43(33)40-41-32-15-7-5-14-30(32)39(42-40)26-19-22-36-31(23-26)29-13-6-8-16-35(29)44-36/h2*1-28H;1-23H. The van der Waals surface area contributed by atoms with Crippen molar-refractivity contribution in [1.29, 1.82) is 0 Å². The maximum Gasteiger partial charge on any atom is 0.235 e. The first-order valence-electron chi connectivity index (χ1n) is 48.9. The number of aromatic nitrogens is 11. The Morgan fingerprint density at radius 1 is 0.146 bits per heavy atom. The van der Waals surface area contributed by atoms with Gasteiger partial charge in [0.2, 0.25) is 17.8 Å². The topological polar surface area (TPSA) is 102 Å². The highest BCUT2D eigenvalue weighted by molar-refractivity contribution is 7.25. The number of hydrogen-bond acceptors (Lipinski definition) is 7. The van der Waals surface area contributed by atoms with E-state index in [-0.39, 0.29) is 0 Å². The maximum atomic E-state index is 5.48. The molecule has 0 spiro atoms. The molecule has 0 aliphatic rings. The molecule has 0 unspecified atom stereocenters. The summed E-state index contributed by atoms with van der Waals surface area (Å²) in [6, 6.07) is 171. The second kappa shape index (κ2) is 32.2. The van der Waals surface area contributed by atoms with Crippen LogP contribution in [0.1, 0.15) is 0 Å². The fourth-order valence-electron chi connectivity index (χ4n) is 23.3. The molecule has 11 nitrogen and oxygen atoms in total. The van der Waals surface area contributed by atoms with Gasteiger partial charge in [-0.3, -0.25) is 13.7 Å². The summed E-state index contributed by atoms with van der Waals surface area (Å²) in [5.74, 6) is 2.00. The highest BCUT2D eigenvalue weighted by Crippen LogP contribution is 2.49. The number of benzene rings is 23. The van der Waals surface area contributed by atoms with Crippen LogP contribution in [0.25, 0.3) is 290 Å². The Kier molecular flexibility index (Phi) is 18.1. The summed E-state index contributed by atoms with van der Waals surface area (Å²) in [6.45, 7) is 0. The van der Waals surface area contributed by atoms with Crippen LogP contribution in [-0.2, 0) is 0 Å². The quantitative estimate of drug-likeness (QED) is 0.150. The van der Waals surface area contributed by atoms with Crippen molar-refractivity contribution in [2.24, 2.45) is 0 Å². The zero-order chi connectivity index (χ0) is 94.3. The van der Waals surface area contributed by atoms with Gasteiger partial charge in [0.1, 0.15) is 0 Å². The first-order valence-corrected chi connectivity index (χ1v) is 49.7. The number of rotatable bonds is 8. The highest BCUT2D eigenvalue weighted by atomic mass is 32.1. The predicted octanol–water partition coefficient (Wildman–Crippen LogP) is 34.7. The van der Waals surface area contributed by atoms with Crippen LogP contribution in [0.4, 0.5) is 0 Å². The fraction of sp³-hybridized carbons (Fsp3) is 0.